The van der Waals surface area contributed by atoms with Crippen LogP contribution in [0.4, 0.5) is 0 Å². The van der Waals surface area contributed by atoms with E-state index < -0.39 is 0 Å². The highest BCUT2D eigenvalue weighted by Crippen LogP contribution is 2.64. The maximum Gasteiger partial charge on any atom is -0.0286 e. The van der Waals surface area contributed by atoms with Crippen LogP contribution in [0.25, 0.3) is 0 Å². The van der Waals surface area contributed by atoms with Gasteiger partial charge < -0.3 is 0 Å². The highest BCUT2D eigenvalue weighted by Gasteiger charge is 2.58. The van der Waals surface area contributed by atoms with E-state index in [0.29, 0.717) is 0 Å². The monoisotopic (exact) mass is 192 g/mol. The van der Waals surface area contributed by atoms with E-state index in [1.165, 1.54) is 18.4 Å². The zero-order chi connectivity index (χ0) is 10.5. The normalized spacial score (nSPS) is 44.8. The van der Waals surface area contributed by atoms with Gasteiger partial charge in [-0.25, -0.2) is 0 Å². The summed E-state index contributed by atoms with van der Waals surface area (Å²) in [5.74, 6) is 5.22. The predicted octanol–water partition coefficient (Wildman–Crippen LogP) is 4.27. The lowest BCUT2D eigenvalue weighted by molar-refractivity contribution is 0.354. The van der Waals surface area contributed by atoms with Gasteiger partial charge in [0.05, 0.1) is 0 Å². The van der Waals surface area contributed by atoms with Gasteiger partial charge in [-0.15, -0.1) is 0 Å². The number of hydrogen-bond donors (Lipinski definition) is 0. The minimum absolute atomic E-state index is 0.994. The molecule has 0 heteroatoms. The van der Waals surface area contributed by atoms with Gasteiger partial charge in [-0.1, -0.05) is 25.0 Å². The van der Waals surface area contributed by atoms with E-state index in [-0.39, 0.29) is 0 Å². The third-order valence-electron chi connectivity index (χ3n) is 4.94. The largest absolute Gasteiger partial charge is 0.0775 e. The molecular weight excluding hydrogens is 168 g/mol. The summed E-state index contributed by atoms with van der Waals surface area (Å²) in [4.78, 5) is 0. The highest BCUT2D eigenvalue weighted by atomic mass is 14.6. The van der Waals surface area contributed by atoms with Crippen LogP contribution < -0.4 is 0 Å². The van der Waals surface area contributed by atoms with Gasteiger partial charge in [0, 0.05) is 0 Å². The van der Waals surface area contributed by atoms with E-state index in [1.54, 1.807) is 5.57 Å². The molecule has 5 atom stereocenters. The first-order chi connectivity index (χ1) is 6.52. The minimum Gasteiger partial charge on any atom is -0.0775 e. The standard InChI is InChI=1S/C14H24/c1-8(2)9(3)6-12-13-7-10(4)11(5)14(12)13/h10-14H,6-7H2,1-5H3. The Hall–Kier alpha value is -0.260. The van der Waals surface area contributed by atoms with Crippen molar-refractivity contribution in [3.05, 3.63) is 11.1 Å². The first kappa shape index (κ1) is 10.3. The molecule has 0 saturated heterocycles. The van der Waals surface area contributed by atoms with Gasteiger partial charge in [0.2, 0.25) is 0 Å². The molecule has 80 valence electrons. The molecule has 0 amide bonds. The molecule has 2 fully saturated rings. The lowest BCUT2D eigenvalue weighted by Gasteiger charge is -2.16. The summed E-state index contributed by atoms with van der Waals surface area (Å²) in [6.07, 6.45) is 2.89. The average Bonchev–Trinajstić information content (AvgIpc) is 2.67. The molecule has 0 N–H and O–H groups in total. The van der Waals surface area contributed by atoms with Gasteiger partial charge in [-0.05, 0) is 63.2 Å². The Morgan fingerprint density at radius 3 is 2.21 bits per heavy atom. The molecular formula is C14H24. The Morgan fingerprint density at radius 2 is 1.79 bits per heavy atom. The molecule has 0 aromatic heterocycles. The maximum absolute atomic E-state index is 2.47. The lowest BCUT2D eigenvalue weighted by Crippen LogP contribution is -2.07. The molecule has 0 aliphatic heterocycles. The van der Waals surface area contributed by atoms with Crippen molar-refractivity contribution in [3.8, 4) is 0 Å². The molecule has 0 nitrogen and oxygen atoms in total. The van der Waals surface area contributed by atoms with Crippen molar-refractivity contribution in [1.82, 2.24) is 0 Å². The molecule has 0 spiro atoms. The number of rotatable bonds is 2. The van der Waals surface area contributed by atoms with Gasteiger partial charge in [-0.3, -0.25) is 0 Å². The first-order valence-corrected chi connectivity index (χ1v) is 6.15. The Morgan fingerprint density at radius 1 is 1.14 bits per heavy atom. The average molecular weight is 192 g/mol. The van der Waals surface area contributed by atoms with Gasteiger partial charge in [0.25, 0.3) is 0 Å². The molecule has 5 unspecified atom stereocenters. The van der Waals surface area contributed by atoms with Crippen molar-refractivity contribution in [2.24, 2.45) is 29.6 Å². The Balaban J connectivity index is 1.92. The topological polar surface area (TPSA) is 0 Å². The second-order valence-corrected chi connectivity index (χ2v) is 5.96. The van der Waals surface area contributed by atoms with E-state index in [2.05, 4.69) is 34.6 Å². The van der Waals surface area contributed by atoms with Crippen LogP contribution in [0.1, 0.15) is 47.5 Å². The van der Waals surface area contributed by atoms with Gasteiger partial charge >= 0.3 is 0 Å². The van der Waals surface area contributed by atoms with Crippen LogP contribution >= 0.6 is 0 Å². The Kier molecular flexibility index (Phi) is 2.49. The third-order valence-corrected chi connectivity index (χ3v) is 4.94. The van der Waals surface area contributed by atoms with Crippen molar-refractivity contribution in [2.75, 3.05) is 0 Å². The van der Waals surface area contributed by atoms with Crippen LogP contribution in [0.3, 0.4) is 0 Å². The van der Waals surface area contributed by atoms with Gasteiger partial charge in [0.15, 0.2) is 0 Å². The molecule has 0 heterocycles. The SMILES string of the molecule is CC(C)=C(C)CC1C2CC(C)C(C)C12. The number of hydrogen-bond acceptors (Lipinski definition) is 0. The predicted molar refractivity (Wildman–Crippen MR) is 62.1 cm³/mol. The van der Waals surface area contributed by atoms with Crippen LogP contribution in [0.5, 0.6) is 0 Å². The zero-order valence-electron chi connectivity index (χ0n) is 10.3. The quantitative estimate of drug-likeness (QED) is 0.573. The summed E-state index contributed by atoms with van der Waals surface area (Å²) in [5, 5.41) is 0. The fourth-order valence-electron chi connectivity index (χ4n) is 3.45. The molecule has 14 heavy (non-hydrogen) atoms. The van der Waals surface area contributed by atoms with E-state index >= 15 is 0 Å². The molecule has 2 aliphatic rings. The van der Waals surface area contributed by atoms with E-state index in [9.17, 15) is 0 Å². The summed E-state index contributed by atoms with van der Waals surface area (Å²) in [7, 11) is 0. The van der Waals surface area contributed by atoms with Crippen LogP contribution in [-0.2, 0) is 0 Å². The second kappa shape index (κ2) is 3.40. The zero-order valence-corrected chi connectivity index (χ0v) is 10.3. The number of allylic oxidation sites excluding steroid dienone is 2. The molecule has 2 aliphatic carbocycles. The summed E-state index contributed by atoms with van der Waals surface area (Å²) in [6.45, 7) is 11.7. The second-order valence-electron chi connectivity index (χ2n) is 5.96. The fourth-order valence-corrected chi connectivity index (χ4v) is 3.45. The maximum atomic E-state index is 2.47. The van der Waals surface area contributed by atoms with Crippen molar-refractivity contribution in [2.45, 2.75) is 47.5 Å². The van der Waals surface area contributed by atoms with E-state index in [4.69, 9.17) is 0 Å². The molecule has 2 rings (SSSR count). The lowest BCUT2D eigenvalue weighted by atomic mass is 9.89. The van der Waals surface area contributed by atoms with Crippen molar-refractivity contribution in [3.63, 3.8) is 0 Å². The minimum atomic E-state index is 0.994. The Bertz CT molecular complexity index is 257. The molecule has 0 bridgehead atoms. The smallest absolute Gasteiger partial charge is 0.0286 e. The Labute approximate surface area is 88.8 Å². The van der Waals surface area contributed by atoms with E-state index in [0.717, 1.165) is 29.6 Å². The summed E-state index contributed by atoms with van der Waals surface area (Å²) < 4.78 is 0. The van der Waals surface area contributed by atoms with E-state index in [1.807, 2.05) is 0 Å². The fraction of sp³-hybridized carbons (Fsp3) is 0.857. The van der Waals surface area contributed by atoms with Crippen LogP contribution in [0.2, 0.25) is 0 Å². The summed E-state index contributed by atoms with van der Waals surface area (Å²) in [6, 6.07) is 0. The third kappa shape index (κ3) is 1.53. The van der Waals surface area contributed by atoms with Crippen LogP contribution in [-0.4, -0.2) is 0 Å². The van der Waals surface area contributed by atoms with Crippen LogP contribution in [0.15, 0.2) is 11.1 Å². The highest BCUT2D eigenvalue weighted by molar-refractivity contribution is 5.15. The van der Waals surface area contributed by atoms with Gasteiger partial charge in [0.1, 0.15) is 0 Å². The van der Waals surface area contributed by atoms with Crippen LogP contribution in [0, 0.1) is 29.6 Å². The van der Waals surface area contributed by atoms with Gasteiger partial charge in [-0.2, -0.15) is 0 Å². The van der Waals surface area contributed by atoms with Crippen molar-refractivity contribution >= 4 is 0 Å². The summed E-state index contributed by atoms with van der Waals surface area (Å²) >= 11 is 0. The summed E-state index contributed by atoms with van der Waals surface area (Å²) in [5.41, 5.74) is 3.18. The van der Waals surface area contributed by atoms with Crippen molar-refractivity contribution in [1.29, 1.82) is 0 Å². The molecule has 0 aromatic rings. The first-order valence-electron chi connectivity index (χ1n) is 6.15. The molecule has 2 saturated carbocycles. The molecule has 0 radical (unpaired) electrons. The van der Waals surface area contributed by atoms with Crippen molar-refractivity contribution < 1.29 is 0 Å². The molecule has 0 aromatic carbocycles. The number of fused-ring (bicyclic) bond motifs is 1.